The molecule has 24 heavy (non-hydrogen) atoms. The molecule has 0 aromatic carbocycles. The second-order valence-electron chi connectivity index (χ2n) is 5.40. The van der Waals surface area contributed by atoms with Gasteiger partial charge in [-0.25, -0.2) is 0 Å². The molecule has 0 unspecified atom stereocenters. The van der Waals surface area contributed by atoms with Gasteiger partial charge in [0.15, 0.2) is 0 Å². The molecular weight excluding hydrogens is 304 g/mol. The van der Waals surface area contributed by atoms with Crippen LogP contribution in [0, 0.1) is 0 Å². The van der Waals surface area contributed by atoms with Crippen LogP contribution in [0.2, 0.25) is 0 Å². The Kier molecular flexibility index (Phi) is 14.7. The Bertz CT molecular complexity index is 458. The summed E-state index contributed by atoms with van der Waals surface area (Å²) in [6.07, 6.45) is 21.3. The van der Waals surface area contributed by atoms with Gasteiger partial charge in [0.1, 0.15) is 0 Å². The number of aliphatic carboxylic acids is 1. The van der Waals surface area contributed by atoms with Crippen LogP contribution in [0.3, 0.4) is 0 Å². The molecule has 0 aliphatic rings. The zero-order valence-electron chi connectivity index (χ0n) is 14.4. The molecule has 0 heterocycles. The first kappa shape index (κ1) is 22.1. The molecule has 0 aromatic heterocycles. The zero-order chi connectivity index (χ0) is 18.0. The molecule has 4 heteroatoms. The molecule has 0 aliphatic carbocycles. The number of aliphatic hydroxyl groups excluding tert-OH is 2. The molecule has 0 amide bonds. The smallest absolute Gasteiger partial charge is 0.303 e. The summed E-state index contributed by atoms with van der Waals surface area (Å²) in [5.74, 6) is -0.755. The molecule has 3 N–H and O–H groups in total. The van der Waals surface area contributed by atoms with E-state index in [1.54, 1.807) is 24.3 Å². The third-order valence-electron chi connectivity index (χ3n) is 3.16. The molecule has 0 radical (unpaired) electrons. The summed E-state index contributed by atoms with van der Waals surface area (Å²) >= 11 is 0. The average Bonchev–Trinajstić information content (AvgIpc) is 2.55. The van der Waals surface area contributed by atoms with E-state index in [2.05, 4.69) is 0 Å². The summed E-state index contributed by atoms with van der Waals surface area (Å²) in [4.78, 5) is 10.3. The van der Waals surface area contributed by atoms with Crippen LogP contribution in [0.1, 0.15) is 45.4 Å². The van der Waals surface area contributed by atoms with Crippen LogP contribution in [0.25, 0.3) is 0 Å². The van der Waals surface area contributed by atoms with Crippen LogP contribution in [0.4, 0.5) is 0 Å². The predicted molar refractivity (Wildman–Crippen MR) is 98.7 cm³/mol. The summed E-state index contributed by atoms with van der Waals surface area (Å²) in [6, 6.07) is 0. The summed E-state index contributed by atoms with van der Waals surface area (Å²) in [5.41, 5.74) is 0. The van der Waals surface area contributed by atoms with Crippen molar-refractivity contribution in [3.8, 4) is 0 Å². The number of carbonyl (C=O) groups is 1. The van der Waals surface area contributed by atoms with Crippen LogP contribution in [0.5, 0.6) is 0 Å². The van der Waals surface area contributed by atoms with Crippen LogP contribution >= 0.6 is 0 Å². The minimum Gasteiger partial charge on any atom is -0.481 e. The molecule has 0 spiro atoms. The van der Waals surface area contributed by atoms with Crippen molar-refractivity contribution in [1.29, 1.82) is 0 Å². The molecule has 2 atom stereocenters. The van der Waals surface area contributed by atoms with E-state index in [4.69, 9.17) is 5.11 Å². The van der Waals surface area contributed by atoms with E-state index in [0.29, 0.717) is 19.3 Å². The SMILES string of the molecule is CC[C@@H](O)/C=C/C=C\C=C\[C@@H](O)C/C=C\C/C=C\CCCC(=O)O. The minimum atomic E-state index is -0.755. The Labute approximate surface area is 145 Å². The van der Waals surface area contributed by atoms with Crippen molar-refractivity contribution in [2.45, 2.75) is 57.7 Å². The van der Waals surface area contributed by atoms with Crippen molar-refractivity contribution in [3.63, 3.8) is 0 Å². The highest BCUT2D eigenvalue weighted by Gasteiger charge is 1.94. The monoisotopic (exact) mass is 334 g/mol. The molecule has 0 bridgehead atoms. The first-order valence-electron chi connectivity index (χ1n) is 8.45. The fourth-order valence-corrected chi connectivity index (χ4v) is 1.72. The van der Waals surface area contributed by atoms with Crippen molar-refractivity contribution in [2.24, 2.45) is 0 Å². The molecule has 0 rings (SSSR count). The largest absolute Gasteiger partial charge is 0.481 e. The lowest BCUT2D eigenvalue weighted by Gasteiger charge is -1.98. The summed E-state index contributed by atoms with van der Waals surface area (Å²) < 4.78 is 0. The predicted octanol–water partition coefficient (Wildman–Crippen LogP) is 3.93. The van der Waals surface area contributed by atoms with Gasteiger partial charge in [0, 0.05) is 6.42 Å². The lowest BCUT2D eigenvalue weighted by molar-refractivity contribution is -0.137. The number of allylic oxidation sites excluding steroid dienone is 7. The number of carboxylic acid groups (broad SMARTS) is 1. The quantitative estimate of drug-likeness (QED) is 0.271. The second-order valence-corrected chi connectivity index (χ2v) is 5.40. The van der Waals surface area contributed by atoms with E-state index in [-0.39, 0.29) is 6.42 Å². The molecule has 0 aliphatic heterocycles. The number of aliphatic hydroxyl groups is 2. The van der Waals surface area contributed by atoms with Crippen LogP contribution < -0.4 is 0 Å². The average molecular weight is 334 g/mol. The normalized spacial score (nSPS) is 15.5. The third-order valence-corrected chi connectivity index (χ3v) is 3.16. The molecule has 0 saturated heterocycles. The van der Waals surface area contributed by atoms with Gasteiger partial charge in [-0.1, -0.05) is 67.7 Å². The Hall–Kier alpha value is -1.91. The molecule has 0 aromatic rings. The van der Waals surface area contributed by atoms with Gasteiger partial charge >= 0.3 is 5.97 Å². The highest BCUT2D eigenvalue weighted by atomic mass is 16.4. The van der Waals surface area contributed by atoms with E-state index in [9.17, 15) is 15.0 Å². The van der Waals surface area contributed by atoms with Crippen LogP contribution in [0.15, 0.2) is 60.8 Å². The molecular formula is C20H30O4. The standard InChI is InChI=1S/C20H30O4/c1-2-18(21)14-10-8-9-12-16-19(22)15-11-6-4-3-5-7-13-17-20(23)24/h3,5-6,8-12,14,16,18-19,21-22H,2,4,7,13,15,17H2,1H3,(H,23,24)/b5-3-,9-8-,11-6-,14-10+,16-12+/t18-,19+/m1/s1. The maximum atomic E-state index is 10.3. The van der Waals surface area contributed by atoms with Gasteiger partial charge in [-0.3, -0.25) is 4.79 Å². The van der Waals surface area contributed by atoms with Gasteiger partial charge in [-0.05, 0) is 32.1 Å². The van der Waals surface area contributed by atoms with Gasteiger partial charge in [-0.15, -0.1) is 0 Å². The van der Waals surface area contributed by atoms with Crippen LogP contribution in [-0.2, 0) is 4.79 Å². The molecule has 0 saturated carbocycles. The fraction of sp³-hybridized carbons (Fsp3) is 0.450. The lowest BCUT2D eigenvalue weighted by atomic mass is 10.2. The highest BCUT2D eigenvalue weighted by molar-refractivity contribution is 5.66. The van der Waals surface area contributed by atoms with Crippen molar-refractivity contribution in [3.05, 3.63) is 60.8 Å². The maximum Gasteiger partial charge on any atom is 0.303 e. The summed E-state index contributed by atoms with van der Waals surface area (Å²) in [7, 11) is 0. The van der Waals surface area contributed by atoms with Crippen molar-refractivity contribution < 1.29 is 20.1 Å². The van der Waals surface area contributed by atoms with Gasteiger partial charge in [0.2, 0.25) is 0 Å². The number of unbranched alkanes of at least 4 members (excludes halogenated alkanes) is 1. The first-order chi connectivity index (χ1) is 11.6. The third kappa shape index (κ3) is 16.5. The number of carboxylic acids is 1. The molecule has 134 valence electrons. The molecule has 4 nitrogen and oxygen atoms in total. The van der Waals surface area contributed by atoms with Gasteiger partial charge in [0.25, 0.3) is 0 Å². The van der Waals surface area contributed by atoms with E-state index < -0.39 is 18.2 Å². The van der Waals surface area contributed by atoms with Gasteiger partial charge in [0.05, 0.1) is 12.2 Å². The summed E-state index contributed by atoms with van der Waals surface area (Å²) in [6.45, 7) is 1.91. The van der Waals surface area contributed by atoms with Crippen LogP contribution in [-0.4, -0.2) is 33.5 Å². The van der Waals surface area contributed by atoms with E-state index >= 15 is 0 Å². The molecule has 0 fully saturated rings. The zero-order valence-corrected chi connectivity index (χ0v) is 14.4. The fourth-order valence-electron chi connectivity index (χ4n) is 1.72. The topological polar surface area (TPSA) is 77.8 Å². The second kappa shape index (κ2) is 16.0. The number of rotatable bonds is 13. The Balaban J connectivity index is 3.77. The van der Waals surface area contributed by atoms with Crippen molar-refractivity contribution >= 4 is 5.97 Å². The van der Waals surface area contributed by atoms with Crippen molar-refractivity contribution in [1.82, 2.24) is 0 Å². The van der Waals surface area contributed by atoms with E-state index in [1.165, 1.54) is 0 Å². The Morgan fingerprint density at radius 1 is 0.917 bits per heavy atom. The van der Waals surface area contributed by atoms with E-state index in [1.807, 2.05) is 43.4 Å². The highest BCUT2D eigenvalue weighted by Crippen LogP contribution is 2.00. The maximum absolute atomic E-state index is 10.3. The first-order valence-corrected chi connectivity index (χ1v) is 8.45. The number of hydrogen-bond donors (Lipinski definition) is 3. The number of hydrogen-bond acceptors (Lipinski definition) is 3. The van der Waals surface area contributed by atoms with Crippen molar-refractivity contribution in [2.75, 3.05) is 0 Å². The van der Waals surface area contributed by atoms with Gasteiger partial charge < -0.3 is 15.3 Å². The minimum absolute atomic E-state index is 0.210. The Morgan fingerprint density at radius 3 is 2.17 bits per heavy atom. The van der Waals surface area contributed by atoms with E-state index in [0.717, 1.165) is 12.8 Å². The lowest BCUT2D eigenvalue weighted by Crippen LogP contribution is -1.98. The summed E-state index contributed by atoms with van der Waals surface area (Å²) in [5, 5.41) is 27.6. The van der Waals surface area contributed by atoms with Gasteiger partial charge in [-0.2, -0.15) is 0 Å². The Morgan fingerprint density at radius 2 is 1.54 bits per heavy atom.